The summed E-state index contributed by atoms with van der Waals surface area (Å²) in [7, 11) is -4.02. The van der Waals surface area contributed by atoms with E-state index in [2.05, 4.69) is 5.32 Å². The van der Waals surface area contributed by atoms with E-state index in [-0.39, 0.29) is 19.2 Å². The molecule has 2 rings (SSSR count). The second-order valence-electron chi connectivity index (χ2n) is 4.93. The maximum Gasteiger partial charge on any atom is 0.472 e. The highest BCUT2D eigenvalue weighted by molar-refractivity contribution is 7.47. The molecule has 0 aromatic heterocycles. The van der Waals surface area contributed by atoms with Crippen molar-refractivity contribution in [1.29, 1.82) is 5.41 Å². The van der Waals surface area contributed by atoms with Crippen molar-refractivity contribution in [2.75, 3.05) is 6.54 Å². The molecule has 0 heterocycles. The molecule has 0 spiro atoms. The Morgan fingerprint density at radius 1 is 1.04 bits per heavy atom. The van der Waals surface area contributed by atoms with Crippen molar-refractivity contribution in [2.24, 2.45) is 5.73 Å². The lowest BCUT2D eigenvalue weighted by atomic mass is 10.2. The van der Waals surface area contributed by atoms with Crippen molar-refractivity contribution < 1.29 is 18.5 Å². The predicted molar refractivity (Wildman–Crippen MR) is 97.9 cm³/mol. The van der Waals surface area contributed by atoms with Crippen LogP contribution in [0.1, 0.15) is 18.1 Å². The molecule has 8 heteroatoms. The predicted octanol–water partition coefficient (Wildman–Crippen LogP) is 3.01. The minimum absolute atomic E-state index is 0.0394. The SMILES string of the molecule is CCNC(=N)N.O=P(O)(OCc1ccccc1)OCc1ccccc1. The zero-order valence-electron chi connectivity index (χ0n) is 14.1. The Bertz CT molecular complexity index is 621. The zero-order chi connectivity index (χ0) is 18.5. The summed E-state index contributed by atoms with van der Waals surface area (Å²) in [6, 6.07) is 18.4. The summed E-state index contributed by atoms with van der Waals surface area (Å²) < 4.78 is 21.5. The first-order chi connectivity index (χ1) is 11.9. The van der Waals surface area contributed by atoms with Crippen LogP contribution in [0.25, 0.3) is 0 Å². The van der Waals surface area contributed by atoms with Gasteiger partial charge in [-0.1, -0.05) is 60.7 Å². The molecule has 2 aromatic rings. The van der Waals surface area contributed by atoms with E-state index < -0.39 is 7.82 Å². The van der Waals surface area contributed by atoms with Crippen molar-refractivity contribution in [3.05, 3.63) is 71.8 Å². The van der Waals surface area contributed by atoms with E-state index in [9.17, 15) is 9.46 Å². The molecule has 0 fully saturated rings. The van der Waals surface area contributed by atoms with E-state index in [0.717, 1.165) is 17.7 Å². The summed E-state index contributed by atoms with van der Waals surface area (Å²) in [4.78, 5) is 9.55. The van der Waals surface area contributed by atoms with Gasteiger partial charge < -0.3 is 15.9 Å². The first-order valence-electron chi connectivity index (χ1n) is 7.70. The number of benzene rings is 2. The van der Waals surface area contributed by atoms with Crippen LogP contribution in [0.3, 0.4) is 0 Å². The maximum atomic E-state index is 11.7. The number of phosphoric ester groups is 1. The van der Waals surface area contributed by atoms with Crippen molar-refractivity contribution in [3.63, 3.8) is 0 Å². The van der Waals surface area contributed by atoms with Crippen LogP contribution < -0.4 is 11.1 Å². The average molecular weight is 365 g/mol. The fraction of sp³-hybridized carbons (Fsp3) is 0.235. The van der Waals surface area contributed by atoms with Crippen LogP contribution in [0.2, 0.25) is 0 Å². The van der Waals surface area contributed by atoms with Crippen molar-refractivity contribution in [3.8, 4) is 0 Å². The number of rotatable bonds is 7. The van der Waals surface area contributed by atoms with Crippen LogP contribution >= 0.6 is 7.82 Å². The van der Waals surface area contributed by atoms with Gasteiger partial charge in [0.05, 0.1) is 13.2 Å². The molecule has 0 atom stereocenters. The average Bonchev–Trinajstić information content (AvgIpc) is 2.61. The molecule has 25 heavy (non-hydrogen) atoms. The molecule has 5 N–H and O–H groups in total. The van der Waals surface area contributed by atoms with Gasteiger partial charge in [-0.05, 0) is 18.1 Å². The van der Waals surface area contributed by atoms with E-state index in [1.165, 1.54) is 0 Å². The lowest BCUT2D eigenvalue weighted by Crippen LogP contribution is -2.29. The van der Waals surface area contributed by atoms with Crippen LogP contribution in [-0.4, -0.2) is 17.4 Å². The molecule has 0 amide bonds. The summed E-state index contributed by atoms with van der Waals surface area (Å²) >= 11 is 0. The number of nitrogens with two attached hydrogens (primary N) is 1. The first kappa shape index (κ1) is 20.9. The Hall–Kier alpha value is -2.18. The zero-order valence-corrected chi connectivity index (χ0v) is 15.0. The van der Waals surface area contributed by atoms with Gasteiger partial charge >= 0.3 is 7.82 Å². The third kappa shape index (κ3) is 10.3. The van der Waals surface area contributed by atoms with Crippen molar-refractivity contribution in [2.45, 2.75) is 20.1 Å². The molecule has 2 aromatic carbocycles. The van der Waals surface area contributed by atoms with Crippen molar-refractivity contribution in [1.82, 2.24) is 5.32 Å². The van der Waals surface area contributed by atoms with Crippen LogP contribution in [0.5, 0.6) is 0 Å². The van der Waals surface area contributed by atoms with Gasteiger partial charge in [-0.15, -0.1) is 0 Å². The van der Waals surface area contributed by atoms with E-state index in [1.54, 1.807) is 0 Å². The fourth-order valence-corrected chi connectivity index (χ4v) is 2.39. The number of hydrogen-bond acceptors (Lipinski definition) is 4. The second-order valence-corrected chi connectivity index (χ2v) is 6.38. The van der Waals surface area contributed by atoms with Crippen LogP contribution in [0.4, 0.5) is 0 Å². The number of hydrogen-bond donors (Lipinski definition) is 4. The molecule has 136 valence electrons. The van der Waals surface area contributed by atoms with E-state index in [1.807, 2.05) is 67.6 Å². The lowest BCUT2D eigenvalue weighted by molar-refractivity contribution is 0.137. The molecule has 7 nitrogen and oxygen atoms in total. The quantitative estimate of drug-likeness (QED) is 0.340. The van der Waals surface area contributed by atoms with Gasteiger partial charge in [-0.25, -0.2) is 4.57 Å². The Kier molecular flexibility index (Phi) is 9.50. The topological polar surface area (TPSA) is 118 Å². The molecule has 0 radical (unpaired) electrons. The van der Waals surface area contributed by atoms with Crippen LogP contribution in [0, 0.1) is 5.41 Å². The molecule has 0 aliphatic rings. The summed E-state index contributed by atoms with van der Waals surface area (Å²) in [5.74, 6) is 0.0394. The maximum absolute atomic E-state index is 11.7. The summed E-state index contributed by atoms with van der Waals surface area (Å²) in [5, 5.41) is 9.13. The van der Waals surface area contributed by atoms with Gasteiger partial charge in [0, 0.05) is 6.54 Å². The molecule has 0 bridgehead atoms. The van der Waals surface area contributed by atoms with Crippen LogP contribution in [0.15, 0.2) is 60.7 Å². The van der Waals surface area contributed by atoms with Gasteiger partial charge in [0.1, 0.15) is 0 Å². The monoisotopic (exact) mass is 365 g/mol. The minimum atomic E-state index is -4.02. The smallest absolute Gasteiger partial charge is 0.370 e. The molecule has 0 saturated heterocycles. The Morgan fingerprint density at radius 2 is 1.44 bits per heavy atom. The standard InChI is InChI=1S/C14H15O4P.C3H9N3/c15-19(16,17-11-13-7-3-1-4-8-13)18-12-14-9-5-2-6-10-14;1-2-6-3(4)5/h1-10H,11-12H2,(H,15,16);2H2,1H3,(H4,4,5,6). The van der Waals surface area contributed by atoms with E-state index in [4.69, 9.17) is 20.2 Å². The highest BCUT2D eigenvalue weighted by Crippen LogP contribution is 2.44. The largest absolute Gasteiger partial charge is 0.472 e. The fourth-order valence-electron chi connectivity index (χ4n) is 1.69. The summed E-state index contributed by atoms with van der Waals surface area (Å²) in [5.41, 5.74) is 6.51. The second kappa shape index (κ2) is 11.4. The molecule has 0 aliphatic carbocycles. The van der Waals surface area contributed by atoms with E-state index >= 15 is 0 Å². The molecule has 0 aliphatic heterocycles. The Morgan fingerprint density at radius 3 is 1.72 bits per heavy atom. The van der Waals surface area contributed by atoms with Gasteiger partial charge in [-0.2, -0.15) is 0 Å². The highest BCUT2D eigenvalue weighted by atomic mass is 31.2. The molecular weight excluding hydrogens is 341 g/mol. The number of nitrogens with one attached hydrogen (secondary N) is 2. The first-order valence-corrected chi connectivity index (χ1v) is 9.20. The highest BCUT2D eigenvalue weighted by Gasteiger charge is 2.20. The summed E-state index contributed by atoms with van der Waals surface area (Å²) in [6.07, 6.45) is 0. The third-order valence-corrected chi connectivity index (χ3v) is 3.75. The van der Waals surface area contributed by atoms with Gasteiger partial charge in [0.25, 0.3) is 0 Å². The minimum Gasteiger partial charge on any atom is -0.370 e. The molecular formula is C17H24N3O4P. The van der Waals surface area contributed by atoms with Crippen molar-refractivity contribution >= 4 is 13.8 Å². The lowest BCUT2D eigenvalue weighted by Gasteiger charge is -2.12. The third-order valence-electron chi connectivity index (χ3n) is 2.84. The Balaban J connectivity index is 0.000000450. The normalized spacial score (nSPS) is 10.5. The number of phosphoric acid groups is 1. The van der Waals surface area contributed by atoms with Crippen LogP contribution in [-0.2, 0) is 26.8 Å². The van der Waals surface area contributed by atoms with Gasteiger partial charge in [0.15, 0.2) is 5.96 Å². The Labute approximate surface area is 147 Å². The van der Waals surface area contributed by atoms with Gasteiger partial charge in [0.2, 0.25) is 0 Å². The number of guanidine groups is 1. The molecule has 0 unspecified atom stereocenters. The summed E-state index contributed by atoms with van der Waals surface area (Å²) in [6.45, 7) is 2.71. The van der Waals surface area contributed by atoms with Gasteiger partial charge in [-0.3, -0.25) is 14.5 Å². The van der Waals surface area contributed by atoms with E-state index in [0.29, 0.717) is 0 Å². The molecule has 0 saturated carbocycles.